The van der Waals surface area contributed by atoms with Gasteiger partial charge in [0.25, 0.3) is 0 Å². The summed E-state index contributed by atoms with van der Waals surface area (Å²) in [7, 11) is 1.21. The van der Waals surface area contributed by atoms with E-state index in [1.807, 2.05) is 7.11 Å². The van der Waals surface area contributed by atoms with Crippen molar-refractivity contribution in [3.8, 4) is 0 Å². The van der Waals surface area contributed by atoms with Gasteiger partial charge in [-0.3, -0.25) is 0 Å². The van der Waals surface area contributed by atoms with Crippen LogP contribution in [0.4, 0.5) is 0 Å². The first kappa shape index (κ1) is 10.6. The van der Waals surface area contributed by atoms with E-state index < -0.39 is 8.80 Å². The van der Waals surface area contributed by atoms with Crippen molar-refractivity contribution < 1.29 is 9.47 Å². The maximum atomic E-state index is 5.85. The summed E-state index contributed by atoms with van der Waals surface area (Å²) >= 11 is 0. The summed E-state index contributed by atoms with van der Waals surface area (Å²) in [5, 5.41) is 0. The summed E-state index contributed by atoms with van der Waals surface area (Å²) in [5.41, 5.74) is 0.922. The summed E-state index contributed by atoms with van der Waals surface area (Å²) in [6.07, 6.45) is 8.59. The number of rotatable bonds is 3. The normalized spacial score (nSPS) is 38.8. The zero-order chi connectivity index (χ0) is 9.80. The molecule has 0 bridgehead atoms. The third kappa shape index (κ3) is 2.38. The topological polar surface area (TPSA) is 18.5 Å². The molecule has 3 heteroatoms. The number of hydrogen-bond donors (Lipinski definition) is 0. The molecule has 0 saturated carbocycles. The molecule has 0 radical (unpaired) electrons. The van der Waals surface area contributed by atoms with Gasteiger partial charge in [0.1, 0.15) is 0 Å². The largest absolute Gasteiger partial charge is 0.388 e. The summed E-state index contributed by atoms with van der Waals surface area (Å²) in [6, 6.07) is 1.48. The highest BCUT2D eigenvalue weighted by Gasteiger charge is 2.34. The zero-order valence-electron chi connectivity index (χ0n) is 9.21. The minimum atomic E-state index is -0.641. The zero-order valence-corrected chi connectivity index (χ0v) is 10.4. The molecule has 0 aromatic rings. The first-order valence-electron chi connectivity index (χ1n) is 6.02. The fraction of sp³-hybridized carbons (Fsp3) is 1.00. The lowest BCUT2D eigenvalue weighted by atomic mass is 10.1. The predicted molar refractivity (Wildman–Crippen MR) is 60.4 cm³/mol. The summed E-state index contributed by atoms with van der Waals surface area (Å²) in [5.74, 6) is 0. The van der Waals surface area contributed by atoms with Crippen LogP contribution in [-0.4, -0.2) is 34.8 Å². The smallest absolute Gasteiger partial charge is 0.0733 e. The average Bonchev–Trinajstić information content (AvgIpc) is 2.72. The van der Waals surface area contributed by atoms with E-state index in [-0.39, 0.29) is 0 Å². The molecule has 14 heavy (non-hydrogen) atoms. The second kappa shape index (κ2) is 5.28. The van der Waals surface area contributed by atoms with Crippen molar-refractivity contribution in [1.29, 1.82) is 0 Å². The van der Waals surface area contributed by atoms with Crippen molar-refractivity contribution in [2.24, 2.45) is 0 Å². The first-order valence-corrected chi connectivity index (χ1v) is 8.32. The van der Waals surface area contributed by atoms with Crippen molar-refractivity contribution in [1.82, 2.24) is 0 Å². The van der Waals surface area contributed by atoms with Crippen LogP contribution in [0, 0.1) is 0 Å². The fourth-order valence-electron chi connectivity index (χ4n) is 3.09. The van der Waals surface area contributed by atoms with Gasteiger partial charge in [-0.15, -0.1) is 0 Å². The monoisotopic (exact) mass is 214 g/mol. The second-order valence-electron chi connectivity index (χ2n) is 4.72. The molecular formula is C11H22O2Si. The Bertz CT molecular complexity index is 167. The van der Waals surface area contributed by atoms with Gasteiger partial charge in [0.2, 0.25) is 0 Å². The van der Waals surface area contributed by atoms with Gasteiger partial charge in [-0.1, -0.05) is 25.3 Å². The lowest BCUT2D eigenvalue weighted by molar-refractivity contribution is 0.0975. The lowest BCUT2D eigenvalue weighted by Crippen LogP contribution is -2.36. The summed E-state index contributed by atoms with van der Waals surface area (Å²) < 4.78 is 11.2. The number of ether oxygens (including phenoxy) is 2. The number of methoxy groups -OCH3 is 1. The maximum absolute atomic E-state index is 5.85. The van der Waals surface area contributed by atoms with Crippen molar-refractivity contribution in [3.05, 3.63) is 0 Å². The Kier molecular flexibility index (Phi) is 4.02. The highest BCUT2D eigenvalue weighted by Crippen LogP contribution is 2.37. The van der Waals surface area contributed by atoms with Crippen LogP contribution in [0.3, 0.4) is 0 Å². The molecule has 3 unspecified atom stereocenters. The Balaban J connectivity index is 1.91. The van der Waals surface area contributed by atoms with Gasteiger partial charge in [-0.25, -0.2) is 0 Å². The van der Waals surface area contributed by atoms with Gasteiger partial charge >= 0.3 is 0 Å². The van der Waals surface area contributed by atoms with E-state index in [4.69, 9.17) is 9.47 Å². The molecule has 2 fully saturated rings. The maximum Gasteiger partial charge on any atom is 0.0733 e. The van der Waals surface area contributed by atoms with Gasteiger partial charge < -0.3 is 9.47 Å². The molecule has 2 rings (SSSR count). The van der Waals surface area contributed by atoms with Crippen LogP contribution in [0.1, 0.15) is 32.1 Å². The summed E-state index contributed by atoms with van der Waals surface area (Å²) in [4.78, 5) is 0. The second-order valence-corrected chi connectivity index (χ2v) is 8.00. The molecule has 0 aliphatic carbocycles. The third-order valence-electron chi connectivity index (χ3n) is 3.79. The molecule has 2 aliphatic rings. The molecule has 0 aromatic heterocycles. The van der Waals surface area contributed by atoms with E-state index >= 15 is 0 Å². The Morgan fingerprint density at radius 1 is 1.29 bits per heavy atom. The molecular weight excluding hydrogens is 192 g/mol. The molecule has 2 aliphatic heterocycles. The van der Waals surface area contributed by atoms with Crippen LogP contribution in [0.25, 0.3) is 0 Å². The summed E-state index contributed by atoms with van der Waals surface area (Å²) in [6.45, 7) is 1.01. The standard InChI is InChI=1S/C11H22O2Si/c1-12-9-14-8-3-2-6-11(14)10-5-4-7-13-10/h10-11,14H,2-9H2,1H3. The highest BCUT2D eigenvalue weighted by molar-refractivity contribution is 6.60. The Hall–Kier alpha value is 0.137. The van der Waals surface area contributed by atoms with Crippen LogP contribution >= 0.6 is 0 Å². The molecule has 0 aromatic carbocycles. The minimum Gasteiger partial charge on any atom is -0.388 e. The molecule has 2 nitrogen and oxygen atoms in total. The lowest BCUT2D eigenvalue weighted by Gasteiger charge is -2.33. The van der Waals surface area contributed by atoms with Gasteiger partial charge in [-0.05, 0) is 18.4 Å². The molecule has 0 amide bonds. The van der Waals surface area contributed by atoms with Crippen LogP contribution in [-0.2, 0) is 9.47 Å². The van der Waals surface area contributed by atoms with Gasteiger partial charge in [0, 0.05) is 19.9 Å². The van der Waals surface area contributed by atoms with E-state index in [1.54, 1.807) is 0 Å². The number of hydrogen-bond acceptors (Lipinski definition) is 2. The van der Waals surface area contributed by atoms with E-state index in [0.29, 0.717) is 6.10 Å². The van der Waals surface area contributed by atoms with E-state index in [0.717, 1.165) is 18.4 Å². The van der Waals surface area contributed by atoms with E-state index in [2.05, 4.69) is 0 Å². The molecule has 2 saturated heterocycles. The molecule has 0 spiro atoms. The first-order chi connectivity index (χ1) is 6.92. The quantitative estimate of drug-likeness (QED) is 0.670. The van der Waals surface area contributed by atoms with Crippen molar-refractivity contribution in [2.75, 3.05) is 19.9 Å². The average molecular weight is 214 g/mol. The van der Waals surface area contributed by atoms with Gasteiger partial charge in [0.15, 0.2) is 0 Å². The van der Waals surface area contributed by atoms with Crippen LogP contribution in [0.15, 0.2) is 0 Å². The van der Waals surface area contributed by atoms with Crippen molar-refractivity contribution in [3.63, 3.8) is 0 Å². The Labute approximate surface area is 88.6 Å². The Morgan fingerprint density at radius 2 is 2.21 bits per heavy atom. The Morgan fingerprint density at radius 3 is 2.93 bits per heavy atom. The van der Waals surface area contributed by atoms with Gasteiger partial charge in [-0.2, -0.15) is 0 Å². The predicted octanol–water partition coefficient (Wildman–Crippen LogP) is 2.13. The van der Waals surface area contributed by atoms with Gasteiger partial charge in [0.05, 0.1) is 14.9 Å². The van der Waals surface area contributed by atoms with E-state index in [9.17, 15) is 0 Å². The van der Waals surface area contributed by atoms with Crippen LogP contribution < -0.4 is 0 Å². The SMILES string of the molecule is COC[SiH]1CCCCC1C1CCCO1. The molecule has 3 atom stereocenters. The fourth-order valence-corrected chi connectivity index (χ4v) is 6.79. The van der Waals surface area contributed by atoms with Crippen molar-refractivity contribution in [2.45, 2.75) is 49.8 Å². The molecule has 82 valence electrons. The van der Waals surface area contributed by atoms with E-state index in [1.165, 1.54) is 38.1 Å². The van der Waals surface area contributed by atoms with Crippen molar-refractivity contribution >= 4 is 8.80 Å². The molecule has 2 heterocycles. The molecule has 0 N–H and O–H groups in total. The highest BCUT2D eigenvalue weighted by atomic mass is 28.3. The van der Waals surface area contributed by atoms with Crippen LogP contribution in [0.5, 0.6) is 0 Å². The van der Waals surface area contributed by atoms with Crippen LogP contribution in [0.2, 0.25) is 11.6 Å². The minimum absolute atomic E-state index is 0.613. The third-order valence-corrected chi connectivity index (χ3v) is 7.68.